The molecule has 25 heavy (non-hydrogen) atoms. The summed E-state index contributed by atoms with van der Waals surface area (Å²) < 4.78 is 1.83. The van der Waals surface area contributed by atoms with Gasteiger partial charge in [0.25, 0.3) is 0 Å². The van der Waals surface area contributed by atoms with Gasteiger partial charge in [-0.05, 0) is 36.2 Å². The zero-order valence-corrected chi connectivity index (χ0v) is 14.1. The minimum Gasteiger partial charge on any atom is -0.360 e. The first-order valence-electron chi connectivity index (χ1n) is 7.81. The Morgan fingerprint density at radius 1 is 1.12 bits per heavy atom. The maximum Gasteiger partial charge on any atom is 0.214 e. The number of pyridine rings is 1. The Kier molecular flexibility index (Phi) is 4.11. The van der Waals surface area contributed by atoms with Crippen molar-refractivity contribution in [1.82, 2.24) is 19.6 Å². The van der Waals surface area contributed by atoms with Crippen molar-refractivity contribution in [2.75, 3.05) is 11.9 Å². The number of fused-ring (bicyclic) bond motifs is 1. The number of anilines is 1. The van der Waals surface area contributed by atoms with Crippen molar-refractivity contribution in [3.8, 4) is 17.3 Å². The monoisotopic (exact) mass is 346 g/mol. The van der Waals surface area contributed by atoms with Crippen molar-refractivity contribution >= 4 is 21.4 Å². The van der Waals surface area contributed by atoms with Crippen LogP contribution >= 0.6 is 11.3 Å². The molecule has 3 heterocycles. The lowest BCUT2D eigenvalue weighted by Gasteiger charge is -2.02. The molecule has 1 N–H and O–H groups in total. The number of rotatable bonds is 5. The molecule has 6 nitrogen and oxygen atoms in total. The van der Waals surface area contributed by atoms with E-state index in [1.807, 2.05) is 28.8 Å². The lowest BCUT2D eigenvalue weighted by Crippen LogP contribution is -2.05. The summed E-state index contributed by atoms with van der Waals surface area (Å²) in [4.78, 5) is 9.29. The topological polar surface area (TPSA) is 78.9 Å². The van der Waals surface area contributed by atoms with Gasteiger partial charge in [-0.25, -0.2) is 9.50 Å². The molecule has 0 saturated heterocycles. The van der Waals surface area contributed by atoms with Crippen LogP contribution in [0.25, 0.3) is 16.2 Å². The first-order valence-corrected chi connectivity index (χ1v) is 8.63. The van der Waals surface area contributed by atoms with Crippen LogP contribution in [0.15, 0.2) is 55.0 Å². The van der Waals surface area contributed by atoms with Gasteiger partial charge >= 0.3 is 0 Å². The maximum absolute atomic E-state index is 8.91. The minimum absolute atomic E-state index is 0.640. The van der Waals surface area contributed by atoms with E-state index in [9.17, 15) is 0 Å². The highest BCUT2D eigenvalue weighted by Gasteiger charge is 2.11. The van der Waals surface area contributed by atoms with Crippen molar-refractivity contribution in [3.05, 3.63) is 66.1 Å². The van der Waals surface area contributed by atoms with Crippen LogP contribution in [0.3, 0.4) is 0 Å². The average molecular weight is 346 g/mol. The lowest BCUT2D eigenvalue weighted by atomic mass is 10.1. The van der Waals surface area contributed by atoms with Gasteiger partial charge in [-0.1, -0.05) is 23.5 Å². The SMILES string of the molecule is N#Cc1ccc(-c2cnc3sc(NCCc4ccncc4)nn23)cc1. The van der Waals surface area contributed by atoms with E-state index in [4.69, 9.17) is 5.26 Å². The van der Waals surface area contributed by atoms with E-state index in [2.05, 4.69) is 26.5 Å². The van der Waals surface area contributed by atoms with Crippen LogP contribution in [0.5, 0.6) is 0 Å². The van der Waals surface area contributed by atoms with E-state index in [-0.39, 0.29) is 0 Å². The first kappa shape index (κ1) is 15.3. The lowest BCUT2D eigenvalue weighted by molar-refractivity contribution is 0.951. The molecule has 0 atom stereocenters. The highest BCUT2D eigenvalue weighted by molar-refractivity contribution is 7.20. The van der Waals surface area contributed by atoms with Crippen molar-refractivity contribution in [3.63, 3.8) is 0 Å². The van der Waals surface area contributed by atoms with Gasteiger partial charge in [-0.2, -0.15) is 5.26 Å². The molecule has 3 aromatic heterocycles. The summed E-state index contributed by atoms with van der Waals surface area (Å²) in [5, 5.41) is 17.7. The Labute approximate surface area is 148 Å². The van der Waals surface area contributed by atoms with Crippen LogP contribution in [0.4, 0.5) is 5.13 Å². The summed E-state index contributed by atoms with van der Waals surface area (Å²) in [7, 11) is 0. The standard InChI is InChI=1S/C18H14N6S/c19-11-14-1-3-15(4-2-14)16-12-22-18-24(16)23-17(25-18)21-10-7-13-5-8-20-9-6-13/h1-6,8-9,12H,7,10H2,(H,21,23). The van der Waals surface area contributed by atoms with Crippen LogP contribution in [-0.2, 0) is 6.42 Å². The Morgan fingerprint density at radius 3 is 2.68 bits per heavy atom. The maximum atomic E-state index is 8.91. The molecule has 7 heteroatoms. The highest BCUT2D eigenvalue weighted by atomic mass is 32.1. The van der Waals surface area contributed by atoms with E-state index in [0.717, 1.165) is 34.3 Å². The van der Waals surface area contributed by atoms with Crippen molar-refractivity contribution < 1.29 is 0 Å². The van der Waals surface area contributed by atoms with Gasteiger partial charge in [0.15, 0.2) is 0 Å². The number of benzene rings is 1. The van der Waals surface area contributed by atoms with E-state index >= 15 is 0 Å². The molecule has 0 saturated carbocycles. The molecular weight excluding hydrogens is 332 g/mol. The second-order valence-electron chi connectivity index (χ2n) is 5.47. The van der Waals surface area contributed by atoms with E-state index < -0.39 is 0 Å². The summed E-state index contributed by atoms with van der Waals surface area (Å²) in [5.74, 6) is 0. The van der Waals surface area contributed by atoms with Crippen LogP contribution in [0.1, 0.15) is 11.1 Å². The second kappa shape index (κ2) is 6.71. The number of nitrogens with zero attached hydrogens (tertiary/aromatic N) is 5. The Hall–Kier alpha value is -3.24. The van der Waals surface area contributed by atoms with Gasteiger partial charge in [0, 0.05) is 24.5 Å². The number of imidazole rings is 1. The van der Waals surface area contributed by atoms with Crippen molar-refractivity contribution in [2.45, 2.75) is 6.42 Å². The molecule has 4 aromatic rings. The molecule has 0 aliphatic rings. The zero-order valence-electron chi connectivity index (χ0n) is 13.3. The third-order valence-corrected chi connectivity index (χ3v) is 4.71. The van der Waals surface area contributed by atoms with Crippen LogP contribution in [0, 0.1) is 11.3 Å². The van der Waals surface area contributed by atoms with Crippen LogP contribution in [0.2, 0.25) is 0 Å². The highest BCUT2D eigenvalue weighted by Crippen LogP contribution is 2.26. The van der Waals surface area contributed by atoms with Gasteiger partial charge in [-0.3, -0.25) is 4.98 Å². The van der Waals surface area contributed by atoms with E-state index in [1.54, 1.807) is 30.7 Å². The molecule has 0 aliphatic heterocycles. The summed E-state index contributed by atoms with van der Waals surface area (Å²) in [6.45, 7) is 0.798. The van der Waals surface area contributed by atoms with Crippen molar-refractivity contribution in [1.29, 1.82) is 5.26 Å². The van der Waals surface area contributed by atoms with Crippen LogP contribution in [-0.4, -0.2) is 26.1 Å². The summed E-state index contributed by atoms with van der Waals surface area (Å²) in [5.41, 5.74) is 3.78. The number of hydrogen-bond acceptors (Lipinski definition) is 6. The van der Waals surface area contributed by atoms with Crippen molar-refractivity contribution in [2.24, 2.45) is 0 Å². The Balaban J connectivity index is 1.51. The summed E-state index contributed by atoms with van der Waals surface area (Å²) in [6, 6.07) is 13.6. The Morgan fingerprint density at radius 2 is 1.92 bits per heavy atom. The third-order valence-electron chi connectivity index (χ3n) is 3.83. The normalized spacial score (nSPS) is 10.7. The molecule has 0 bridgehead atoms. The predicted molar refractivity (Wildman–Crippen MR) is 97.4 cm³/mol. The average Bonchev–Trinajstić information content (AvgIpc) is 3.23. The number of nitriles is 1. The van der Waals surface area contributed by atoms with Crippen LogP contribution < -0.4 is 5.32 Å². The van der Waals surface area contributed by atoms with Gasteiger partial charge in [0.2, 0.25) is 10.1 Å². The molecule has 0 radical (unpaired) electrons. The number of aromatic nitrogens is 4. The van der Waals surface area contributed by atoms with Gasteiger partial charge in [0.05, 0.1) is 23.5 Å². The molecular formula is C18H14N6S. The first-order chi connectivity index (χ1) is 12.3. The largest absolute Gasteiger partial charge is 0.360 e. The van der Waals surface area contributed by atoms with Gasteiger partial charge in [-0.15, -0.1) is 5.10 Å². The molecule has 1 aromatic carbocycles. The molecule has 0 fully saturated rings. The fourth-order valence-electron chi connectivity index (χ4n) is 2.54. The van der Waals surface area contributed by atoms with E-state index in [0.29, 0.717) is 5.56 Å². The van der Waals surface area contributed by atoms with Gasteiger partial charge in [0.1, 0.15) is 0 Å². The number of hydrogen-bond donors (Lipinski definition) is 1. The quantitative estimate of drug-likeness (QED) is 0.599. The minimum atomic E-state index is 0.640. The molecule has 4 rings (SSSR count). The molecule has 122 valence electrons. The molecule has 0 spiro atoms. The fourth-order valence-corrected chi connectivity index (χ4v) is 3.34. The molecule has 0 amide bonds. The zero-order chi connectivity index (χ0) is 17.1. The van der Waals surface area contributed by atoms with E-state index in [1.165, 1.54) is 16.9 Å². The molecule has 0 unspecified atom stereocenters. The fraction of sp³-hybridized carbons (Fsp3) is 0.111. The second-order valence-corrected chi connectivity index (χ2v) is 6.42. The molecule has 0 aliphatic carbocycles. The third kappa shape index (κ3) is 3.20. The predicted octanol–water partition coefficient (Wildman–Crippen LogP) is 3.38. The summed E-state index contributed by atoms with van der Waals surface area (Å²) in [6.07, 6.45) is 6.32. The smallest absolute Gasteiger partial charge is 0.214 e. The Bertz CT molecular complexity index is 1030. The van der Waals surface area contributed by atoms with Gasteiger partial charge < -0.3 is 5.32 Å². The summed E-state index contributed by atoms with van der Waals surface area (Å²) >= 11 is 1.52. The number of nitrogens with one attached hydrogen (secondary N) is 1.